The third-order valence-corrected chi connectivity index (χ3v) is 5.23. The van der Waals surface area contributed by atoms with Gasteiger partial charge in [0.05, 0.1) is 30.5 Å². The van der Waals surface area contributed by atoms with Crippen LogP contribution in [0.15, 0.2) is 51.7 Å². The normalized spacial score (nSPS) is 13.1. The van der Waals surface area contributed by atoms with Gasteiger partial charge in [-0.1, -0.05) is 25.5 Å². The summed E-state index contributed by atoms with van der Waals surface area (Å²) in [4.78, 5) is 26.3. The summed E-state index contributed by atoms with van der Waals surface area (Å²) in [6.07, 6.45) is 2.88. The van der Waals surface area contributed by atoms with Gasteiger partial charge in [-0.25, -0.2) is 9.59 Å². The minimum absolute atomic E-state index is 0.284. The van der Waals surface area contributed by atoms with Crippen LogP contribution in [0.3, 0.4) is 0 Å². The van der Waals surface area contributed by atoms with Crippen molar-refractivity contribution in [2.45, 2.75) is 32.7 Å². The number of carbonyl (C=O) groups is 1. The Morgan fingerprint density at radius 2 is 2.03 bits per heavy atom. The zero-order valence-corrected chi connectivity index (χ0v) is 16.6. The SMILES string of the molecule is CCCCc1cc(=O)oc2c3c(ccc12)OCN(c1ccccc1C(=O)OC)C3. The Morgan fingerprint density at radius 3 is 2.83 bits per heavy atom. The van der Waals surface area contributed by atoms with E-state index in [0.717, 1.165) is 35.8 Å². The molecule has 0 radical (unpaired) electrons. The maximum Gasteiger partial charge on any atom is 0.339 e. The average molecular weight is 393 g/mol. The lowest BCUT2D eigenvalue weighted by Gasteiger charge is -2.32. The van der Waals surface area contributed by atoms with Crippen LogP contribution in [0.4, 0.5) is 5.69 Å². The van der Waals surface area contributed by atoms with Crippen molar-refractivity contribution in [3.05, 3.63) is 69.6 Å². The Kier molecular flexibility index (Phi) is 5.25. The van der Waals surface area contributed by atoms with Crippen molar-refractivity contribution in [1.82, 2.24) is 0 Å². The van der Waals surface area contributed by atoms with Crippen LogP contribution in [0, 0.1) is 0 Å². The molecule has 0 saturated heterocycles. The minimum atomic E-state index is -0.405. The number of esters is 1. The molecular weight excluding hydrogens is 370 g/mol. The second kappa shape index (κ2) is 7.99. The van der Waals surface area contributed by atoms with E-state index >= 15 is 0 Å². The molecule has 2 heterocycles. The van der Waals surface area contributed by atoms with Gasteiger partial charge in [-0.2, -0.15) is 0 Å². The number of benzene rings is 2. The molecule has 150 valence electrons. The first-order chi connectivity index (χ1) is 14.1. The predicted octanol–water partition coefficient (Wildman–Crippen LogP) is 4.28. The molecular formula is C23H23NO5. The van der Waals surface area contributed by atoms with Crippen molar-refractivity contribution in [3.8, 4) is 5.75 Å². The van der Waals surface area contributed by atoms with E-state index in [1.807, 2.05) is 29.2 Å². The van der Waals surface area contributed by atoms with Crippen LogP contribution >= 0.6 is 0 Å². The molecule has 1 aliphatic rings. The van der Waals surface area contributed by atoms with E-state index < -0.39 is 5.97 Å². The fourth-order valence-electron chi connectivity index (χ4n) is 3.76. The molecule has 1 aliphatic heterocycles. The number of hydrogen-bond donors (Lipinski definition) is 0. The third kappa shape index (κ3) is 3.58. The van der Waals surface area contributed by atoms with E-state index in [0.29, 0.717) is 29.1 Å². The number of aryl methyl sites for hydroxylation is 1. The molecule has 2 aromatic carbocycles. The fourth-order valence-corrected chi connectivity index (χ4v) is 3.76. The summed E-state index contributed by atoms with van der Waals surface area (Å²) in [6.45, 7) is 2.87. The van der Waals surface area contributed by atoms with Crippen LogP contribution in [0.1, 0.15) is 41.3 Å². The lowest BCUT2D eigenvalue weighted by molar-refractivity contribution is 0.0601. The standard InChI is InChI=1S/C23H23NO5/c1-3-4-7-15-12-21(25)29-22-16(15)10-11-20-18(22)13-24(14-28-20)19-9-6-5-8-17(19)23(26)27-2/h5-6,8-12H,3-4,7,13-14H2,1-2H3. The van der Waals surface area contributed by atoms with Gasteiger partial charge < -0.3 is 18.8 Å². The zero-order valence-electron chi connectivity index (χ0n) is 16.6. The van der Waals surface area contributed by atoms with E-state index in [4.69, 9.17) is 13.9 Å². The van der Waals surface area contributed by atoms with Crippen molar-refractivity contribution in [1.29, 1.82) is 0 Å². The highest BCUT2D eigenvalue weighted by Crippen LogP contribution is 2.35. The topological polar surface area (TPSA) is 69.0 Å². The highest BCUT2D eigenvalue weighted by atomic mass is 16.5. The van der Waals surface area contributed by atoms with Crippen molar-refractivity contribution in [2.24, 2.45) is 0 Å². The Hall–Kier alpha value is -3.28. The van der Waals surface area contributed by atoms with Crippen LogP contribution < -0.4 is 15.3 Å². The monoisotopic (exact) mass is 393 g/mol. The van der Waals surface area contributed by atoms with Gasteiger partial charge in [-0.15, -0.1) is 0 Å². The van der Waals surface area contributed by atoms with Gasteiger partial charge in [0.1, 0.15) is 11.3 Å². The smallest absolute Gasteiger partial charge is 0.339 e. The molecule has 0 N–H and O–H groups in total. The number of rotatable bonds is 5. The highest BCUT2D eigenvalue weighted by molar-refractivity contribution is 5.96. The van der Waals surface area contributed by atoms with E-state index in [1.165, 1.54) is 7.11 Å². The molecule has 0 amide bonds. The van der Waals surface area contributed by atoms with Gasteiger partial charge in [-0.05, 0) is 42.7 Å². The summed E-state index contributed by atoms with van der Waals surface area (Å²) >= 11 is 0. The van der Waals surface area contributed by atoms with Gasteiger partial charge in [0.25, 0.3) is 0 Å². The van der Waals surface area contributed by atoms with E-state index in [9.17, 15) is 9.59 Å². The molecule has 0 bridgehead atoms. The summed E-state index contributed by atoms with van der Waals surface area (Å²) < 4.78 is 16.5. The quantitative estimate of drug-likeness (QED) is 0.476. The van der Waals surface area contributed by atoms with E-state index in [1.54, 1.807) is 18.2 Å². The molecule has 0 aliphatic carbocycles. The molecule has 29 heavy (non-hydrogen) atoms. The molecule has 0 saturated carbocycles. The first-order valence-electron chi connectivity index (χ1n) is 9.76. The van der Waals surface area contributed by atoms with Gasteiger partial charge >= 0.3 is 11.6 Å². The van der Waals surface area contributed by atoms with Crippen molar-refractivity contribution in [2.75, 3.05) is 18.7 Å². The van der Waals surface area contributed by atoms with Crippen LogP contribution in [0.5, 0.6) is 5.75 Å². The summed E-state index contributed by atoms with van der Waals surface area (Å²) in [6, 6.07) is 12.7. The number of methoxy groups -OCH3 is 1. The number of para-hydroxylation sites is 1. The minimum Gasteiger partial charge on any atom is -0.473 e. The van der Waals surface area contributed by atoms with Crippen LogP contribution in [-0.4, -0.2) is 19.8 Å². The molecule has 0 unspecified atom stereocenters. The number of anilines is 1. The highest BCUT2D eigenvalue weighted by Gasteiger charge is 2.25. The summed E-state index contributed by atoms with van der Waals surface area (Å²) in [7, 11) is 1.36. The zero-order chi connectivity index (χ0) is 20.4. The number of ether oxygens (including phenoxy) is 2. The van der Waals surface area contributed by atoms with Gasteiger partial charge in [0.15, 0.2) is 6.73 Å². The van der Waals surface area contributed by atoms with Crippen LogP contribution in [-0.2, 0) is 17.7 Å². The summed E-state index contributed by atoms with van der Waals surface area (Å²) in [5.41, 5.74) is 3.18. The molecule has 4 rings (SSSR count). The first kappa shape index (κ1) is 19.1. The van der Waals surface area contributed by atoms with E-state index in [-0.39, 0.29) is 12.4 Å². The van der Waals surface area contributed by atoms with Crippen LogP contribution in [0.25, 0.3) is 11.0 Å². The maximum atomic E-state index is 12.2. The van der Waals surface area contributed by atoms with Crippen molar-refractivity contribution < 1.29 is 18.7 Å². The Labute approximate surface area is 168 Å². The van der Waals surface area contributed by atoms with Crippen molar-refractivity contribution in [3.63, 3.8) is 0 Å². The number of nitrogens with zero attached hydrogens (tertiary/aromatic N) is 1. The second-order valence-electron chi connectivity index (χ2n) is 7.09. The maximum absolute atomic E-state index is 12.2. The fraction of sp³-hybridized carbons (Fsp3) is 0.304. The van der Waals surface area contributed by atoms with Gasteiger partial charge in [0.2, 0.25) is 0 Å². The van der Waals surface area contributed by atoms with Gasteiger partial charge in [-0.3, -0.25) is 0 Å². The molecule has 6 nitrogen and oxygen atoms in total. The lowest BCUT2D eigenvalue weighted by atomic mass is 10.0. The number of unbranched alkanes of at least 4 members (excludes halogenated alkanes) is 1. The van der Waals surface area contributed by atoms with E-state index in [2.05, 4.69) is 6.92 Å². The number of carbonyl (C=O) groups excluding carboxylic acids is 1. The molecule has 0 atom stereocenters. The largest absolute Gasteiger partial charge is 0.473 e. The Morgan fingerprint density at radius 1 is 1.21 bits per heavy atom. The average Bonchev–Trinajstić information content (AvgIpc) is 2.76. The number of fused-ring (bicyclic) bond motifs is 3. The Balaban J connectivity index is 1.79. The first-order valence-corrected chi connectivity index (χ1v) is 9.76. The van der Waals surface area contributed by atoms with Crippen LogP contribution in [0.2, 0.25) is 0 Å². The predicted molar refractivity (Wildman–Crippen MR) is 111 cm³/mol. The van der Waals surface area contributed by atoms with Gasteiger partial charge in [0, 0.05) is 11.5 Å². The summed E-state index contributed by atoms with van der Waals surface area (Å²) in [5.74, 6) is 0.290. The van der Waals surface area contributed by atoms with Crippen molar-refractivity contribution >= 4 is 22.6 Å². The third-order valence-electron chi connectivity index (χ3n) is 5.23. The summed E-state index contributed by atoms with van der Waals surface area (Å²) in [5, 5.41) is 0.934. The molecule has 6 heteroatoms. The second-order valence-corrected chi connectivity index (χ2v) is 7.09. The number of hydrogen-bond acceptors (Lipinski definition) is 6. The lowest BCUT2D eigenvalue weighted by Crippen LogP contribution is -2.33. The molecule has 0 fully saturated rings. The Bertz CT molecular complexity index is 1120. The molecule has 1 aromatic heterocycles. The molecule has 0 spiro atoms. The molecule has 3 aromatic rings.